The molecule has 1 aromatic heterocycles. The number of hydrogen-bond donors (Lipinski definition) is 1. The molecule has 0 bridgehead atoms. The van der Waals surface area contributed by atoms with E-state index in [0.29, 0.717) is 29.2 Å². The topological polar surface area (TPSA) is 123 Å². The molecule has 1 saturated heterocycles. The van der Waals surface area contributed by atoms with Gasteiger partial charge in [-0.1, -0.05) is 17.7 Å². The zero-order valence-corrected chi connectivity index (χ0v) is 17.1. The van der Waals surface area contributed by atoms with Crippen molar-refractivity contribution in [3.63, 3.8) is 0 Å². The Morgan fingerprint density at radius 1 is 1.34 bits per heavy atom. The number of nitrogens with zero attached hydrogens (tertiary/aromatic N) is 3. The molecule has 1 N–H and O–H groups in total. The summed E-state index contributed by atoms with van der Waals surface area (Å²) in [6.07, 6.45) is 2.43. The number of carbonyl (C=O) groups excluding carboxylic acids is 1. The van der Waals surface area contributed by atoms with Crippen molar-refractivity contribution >= 4 is 39.0 Å². The van der Waals surface area contributed by atoms with Crippen LogP contribution in [0.1, 0.15) is 18.4 Å². The van der Waals surface area contributed by atoms with Crippen LogP contribution in [0, 0.1) is 23.0 Å². The van der Waals surface area contributed by atoms with Crippen LogP contribution in [0.4, 0.5) is 11.5 Å². The first-order valence-corrected chi connectivity index (χ1v) is 10.7. The SMILES string of the molecule is Cc1ccc([N+](=O)[O-])cc1S(=O)(=O)N1CCCC(C(=O)Nc2ccc(Cl)cn2)C1. The molecular formula is C18H19ClN4O5S. The van der Waals surface area contributed by atoms with Crippen LogP contribution in [0.15, 0.2) is 41.4 Å². The maximum Gasteiger partial charge on any atom is 0.270 e. The second-order valence-corrected chi connectivity index (χ2v) is 9.10. The Balaban J connectivity index is 1.79. The molecule has 1 amide bonds. The summed E-state index contributed by atoms with van der Waals surface area (Å²) in [6, 6.07) is 6.88. The van der Waals surface area contributed by atoms with E-state index in [1.807, 2.05) is 0 Å². The van der Waals surface area contributed by atoms with E-state index >= 15 is 0 Å². The van der Waals surface area contributed by atoms with Crippen LogP contribution < -0.4 is 5.32 Å². The lowest BCUT2D eigenvalue weighted by Crippen LogP contribution is -2.43. The predicted molar refractivity (Wildman–Crippen MR) is 107 cm³/mol. The van der Waals surface area contributed by atoms with E-state index in [4.69, 9.17) is 11.6 Å². The van der Waals surface area contributed by atoms with E-state index in [0.717, 1.165) is 6.07 Å². The molecule has 29 heavy (non-hydrogen) atoms. The molecule has 1 fully saturated rings. The number of rotatable bonds is 5. The molecule has 0 spiro atoms. The van der Waals surface area contributed by atoms with Crippen LogP contribution in [0.5, 0.6) is 0 Å². The molecule has 1 atom stereocenters. The van der Waals surface area contributed by atoms with Gasteiger partial charge in [0.15, 0.2) is 0 Å². The van der Waals surface area contributed by atoms with Crippen LogP contribution in [-0.2, 0) is 14.8 Å². The number of anilines is 1. The fourth-order valence-corrected chi connectivity index (χ4v) is 5.05. The quantitative estimate of drug-likeness (QED) is 0.565. The minimum atomic E-state index is -3.98. The molecule has 9 nitrogen and oxygen atoms in total. The van der Waals surface area contributed by atoms with Gasteiger partial charge in [-0.3, -0.25) is 14.9 Å². The largest absolute Gasteiger partial charge is 0.310 e. The van der Waals surface area contributed by atoms with Gasteiger partial charge in [0.2, 0.25) is 15.9 Å². The number of benzene rings is 1. The fraction of sp³-hybridized carbons (Fsp3) is 0.333. The highest BCUT2D eigenvalue weighted by Gasteiger charge is 2.34. The number of carbonyl (C=O) groups is 1. The van der Waals surface area contributed by atoms with Gasteiger partial charge in [-0.25, -0.2) is 13.4 Å². The monoisotopic (exact) mass is 438 g/mol. The molecule has 2 aromatic rings. The van der Waals surface area contributed by atoms with Gasteiger partial charge in [-0.05, 0) is 37.5 Å². The van der Waals surface area contributed by atoms with Crippen LogP contribution in [0.3, 0.4) is 0 Å². The number of nitro groups is 1. The number of aromatic nitrogens is 1. The highest BCUT2D eigenvalue weighted by atomic mass is 35.5. The van der Waals surface area contributed by atoms with Gasteiger partial charge in [-0.15, -0.1) is 0 Å². The average Bonchev–Trinajstić information content (AvgIpc) is 2.69. The van der Waals surface area contributed by atoms with E-state index < -0.39 is 20.9 Å². The summed E-state index contributed by atoms with van der Waals surface area (Å²) in [5.74, 6) is -0.570. The zero-order chi connectivity index (χ0) is 21.2. The van der Waals surface area contributed by atoms with Crippen molar-refractivity contribution < 1.29 is 18.1 Å². The van der Waals surface area contributed by atoms with Crippen molar-refractivity contribution in [3.8, 4) is 0 Å². The zero-order valence-electron chi connectivity index (χ0n) is 15.5. The third-order valence-electron chi connectivity index (χ3n) is 4.73. The molecule has 0 saturated carbocycles. The highest BCUT2D eigenvalue weighted by molar-refractivity contribution is 7.89. The van der Waals surface area contributed by atoms with Gasteiger partial charge in [0.1, 0.15) is 5.82 Å². The van der Waals surface area contributed by atoms with Gasteiger partial charge in [0, 0.05) is 31.4 Å². The van der Waals surface area contributed by atoms with E-state index in [2.05, 4.69) is 10.3 Å². The van der Waals surface area contributed by atoms with E-state index in [1.165, 1.54) is 22.6 Å². The Labute approximate surface area is 172 Å². The standard InChI is InChI=1S/C18H19ClN4O5S/c1-12-4-6-15(23(25)26)9-16(12)29(27,28)22-8-2-3-13(11-22)18(24)21-17-7-5-14(19)10-20-17/h4-7,9-10,13H,2-3,8,11H2,1H3,(H,20,21,24). The fourth-order valence-electron chi connectivity index (χ4n) is 3.17. The maximum atomic E-state index is 13.1. The molecular weight excluding hydrogens is 420 g/mol. The van der Waals surface area contributed by atoms with E-state index in [9.17, 15) is 23.3 Å². The van der Waals surface area contributed by atoms with Gasteiger partial charge in [-0.2, -0.15) is 4.31 Å². The number of halogens is 1. The first-order valence-electron chi connectivity index (χ1n) is 8.86. The number of aryl methyl sites for hydroxylation is 1. The predicted octanol–water partition coefficient (Wildman–Crippen LogP) is 2.99. The van der Waals surface area contributed by atoms with Crippen molar-refractivity contribution in [2.45, 2.75) is 24.7 Å². The van der Waals surface area contributed by atoms with Crippen molar-refractivity contribution in [1.82, 2.24) is 9.29 Å². The Bertz CT molecular complexity index is 1040. The van der Waals surface area contributed by atoms with Crippen molar-refractivity contribution in [2.75, 3.05) is 18.4 Å². The molecule has 0 aliphatic carbocycles. The normalized spacial score (nSPS) is 17.7. The minimum Gasteiger partial charge on any atom is -0.310 e. The Hall–Kier alpha value is -2.56. The van der Waals surface area contributed by atoms with E-state index in [1.54, 1.807) is 19.1 Å². The molecule has 1 aromatic carbocycles. The summed E-state index contributed by atoms with van der Waals surface area (Å²) in [4.78, 5) is 26.9. The lowest BCUT2D eigenvalue weighted by Gasteiger charge is -2.31. The Morgan fingerprint density at radius 3 is 2.76 bits per heavy atom. The number of non-ortho nitro benzene ring substituents is 1. The number of sulfonamides is 1. The van der Waals surface area contributed by atoms with E-state index in [-0.39, 0.29) is 29.6 Å². The summed E-state index contributed by atoms with van der Waals surface area (Å²) in [6.45, 7) is 1.81. The number of nitro benzene ring substituents is 1. The maximum absolute atomic E-state index is 13.1. The summed E-state index contributed by atoms with van der Waals surface area (Å²) in [7, 11) is -3.98. The van der Waals surface area contributed by atoms with Crippen LogP contribution in [-0.4, -0.2) is 41.6 Å². The lowest BCUT2D eigenvalue weighted by atomic mass is 9.99. The smallest absolute Gasteiger partial charge is 0.270 e. The summed E-state index contributed by atoms with van der Waals surface area (Å²) in [5, 5.41) is 14.1. The number of nitrogens with one attached hydrogen (secondary N) is 1. The first kappa shape index (κ1) is 21.2. The molecule has 1 aliphatic rings. The molecule has 2 heterocycles. The third-order valence-corrected chi connectivity index (χ3v) is 6.96. The second kappa shape index (κ2) is 8.44. The van der Waals surface area contributed by atoms with Crippen molar-refractivity contribution in [2.24, 2.45) is 5.92 Å². The molecule has 3 rings (SSSR count). The van der Waals surface area contributed by atoms with Crippen LogP contribution >= 0.6 is 11.6 Å². The van der Waals surface area contributed by atoms with Crippen LogP contribution in [0.2, 0.25) is 5.02 Å². The molecule has 154 valence electrons. The highest BCUT2D eigenvalue weighted by Crippen LogP contribution is 2.28. The Morgan fingerprint density at radius 2 is 2.10 bits per heavy atom. The first-order chi connectivity index (χ1) is 13.7. The lowest BCUT2D eigenvalue weighted by molar-refractivity contribution is -0.385. The number of hydrogen-bond acceptors (Lipinski definition) is 6. The average molecular weight is 439 g/mol. The van der Waals surface area contributed by atoms with Gasteiger partial charge < -0.3 is 5.32 Å². The summed E-state index contributed by atoms with van der Waals surface area (Å²) < 4.78 is 27.4. The van der Waals surface area contributed by atoms with Crippen molar-refractivity contribution in [1.29, 1.82) is 0 Å². The molecule has 11 heteroatoms. The second-order valence-electron chi connectivity index (χ2n) is 6.76. The van der Waals surface area contributed by atoms with Crippen LogP contribution in [0.25, 0.3) is 0 Å². The van der Waals surface area contributed by atoms with Gasteiger partial charge in [0.25, 0.3) is 5.69 Å². The molecule has 1 aliphatic heterocycles. The number of pyridine rings is 1. The summed E-state index contributed by atoms with van der Waals surface area (Å²) in [5.41, 5.74) is 0.113. The van der Waals surface area contributed by atoms with Gasteiger partial charge in [0.05, 0.1) is 20.8 Å². The third kappa shape index (κ3) is 4.72. The van der Waals surface area contributed by atoms with Gasteiger partial charge >= 0.3 is 0 Å². The number of piperidine rings is 1. The van der Waals surface area contributed by atoms with Crippen molar-refractivity contribution in [3.05, 3.63) is 57.2 Å². The minimum absolute atomic E-state index is 0.0100. The molecule has 0 radical (unpaired) electrons. The Kier molecular flexibility index (Phi) is 6.15. The molecule has 1 unspecified atom stereocenters. The summed E-state index contributed by atoms with van der Waals surface area (Å²) >= 11 is 5.78. The number of amides is 1.